The number of anilines is 2. The Kier molecular flexibility index (Phi) is 4.93. The monoisotopic (exact) mass is 356 g/mol. The molecular weight excluding hydrogens is 332 g/mol. The van der Waals surface area contributed by atoms with Crippen LogP contribution in [0.4, 0.5) is 11.4 Å². The van der Waals surface area contributed by atoms with Crippen LogP contribution < -0.4 is 10.2 Å². The maximum atomic E-state index is 12.4. The molecule has 1 aliphatic heterocycles. The summed E-state index contributed by atoms with van der Waals surface area (Å²) in [7, 11) is 0. The number of carbonyl (C=O) groups excluding carboxylic acids is 1. The molecule has 1 unspecified atom stereocenters. The summed E-state index contributed by atoms with van der Waals surface area (Å²) in [5.41, 5.74) is 5.39. The number of para-hydroxylation sites is 1. The number of nitrogens with zero attached hydrogens (tertiary/aromatic N) is 1. The summed E-state index contributed by atoms with van der Waals surface area (Å²) in [6.45, 7) is 4.02. The number of benzene rings is 3. The average Bonchev–Trinajstić information content (AvgIpc) is 2.73. The lowest BCUT2D eigenvalue weighted by molar-refractivity contribution is 0.0972. The Labute approximate surface area is 160 Å². The van der Waals surface area contributed by atoms with Crippen molar-refractivity contribution in [3.05, 3.63) is 95.6 Å². The SMILES string of the molecule is CCN(Cc1ccccc1)c1ccc(C2CC(=O)c3ccccc3N2)cc1. The van der Waals surface area contributed by atoms with E-state index in [1.807, 2.05) is 30.3 Å². The lowest BCUT2D eigenvalue weighted by atomic mass is 9.92. The number of rotatable bonds is 5. The Hall–Kier alpha value is -3.07. The van der Waals surface area contributed by atoms with E-state index in [1.165, 1.54) is 11.3 Å². The Morgan fingerprint density at radius 2 is 1.63 bits per heavy atom. The zero-order chi connectivity index (χ0) is 18.6. The van der Waals surface area contributed by atoms with Crippen LogP contribution in [-0.4, -0.2) is 12.3 Å². The lowest BCUT2D eigenvalue weighted by Crippen LogP contribution is -2.23. The molecule has 3 heteroatoms. The summed E-state index contributed by atoms with van der Waals surface area (Å²) >= 11 is 0. The molecule has 0 fully saturated rings. The minimum atomic E-state index is 0.0330. The quantitative estimate of drug-likeness (QED) is 0.659. The molecule has 0 saturated carbocycles. The predicted octanol–water partition coefficient (Wildman–Crippen LogP) is 5.45. The molecule has 0 amide bonds. The third-order valence-electron chi connectivity index (χ3n) is 5.21. The smallest absolute Gasteiger partial charge is 0.167 e. The minimum absolute atomic E-state index is 0.0330. The van der Waals surface area contributed by atoms with Gasteiger partial charge in [0.25, 0.3) is 0 Å². The molecule has 0 aromatic heterocycles. The number of hydrogen-bond acceptors (Lipinski definition) is 3. The molecule has 3 aromatic rings. The van der Waals surface area contributed by atoms with Crippen LogP contribution in [0.15, 0.2) is 78.9 Å². The number of fused-ring (bicyclic) bond motifs is 1. The van der Waals surface area contributed by atoms with Gasteiger partial charge in [0.15, 0.2) is 5.78 Å². The maximum absolute atomic E-state index is 12.4. The summed E-state index contributed by atoms with van der Waals surface area (Å²) in [6, 6.07) is 26.9. The van der Waals surface area contributed by atoms with Gasteiger partial charge in [-0.05, 0) is 42.3 Å². The van der Waals surface area contributed by atoms with Gasteiger partial charge in [-0.1, -0.05) is 54.6 Å². The molecular formula is C24H24N2O. The van der Waals surface area contributed by atoms with Crippen molar-refractivity contribution in [1.82, 2.24) is 0 Å². The van der Waals surface area contributed by atoms with Crippen molar-refractivity contribution in [1.29, 1.82) is 0 Å². The van der Waals surface area contributed by atoms with Crippen molar-refractivity contribution >= 4 is 17.2 Å². The van der Waals surface area contributed by atoms with Crippen LogP contribution in [0.1, 0.15) is 40.9 Å². The van der Waals surface area contributed by atoms with E-state index in [4.69, 9.17) is 0 Å². The number of nitrogens with one attached hydrogen (secondary N) is 1. The first-order chi connectivity index (χ1) is 13.2. The van der Waals surface area contributed by atoms with Crippen molar-refractivity contribution < 1.29 is 4.79 Å². The molecule has 27 heavy (non-hydrogen) atoms. The fraction of sp³-hybridized carbons (Fsp3) is 0.208. The van der Waals surface area contributed by atoms with Crippen LogP contribution >= 0.6 is 0 Å². The van der Waals surface area contributed by atoms with E-state index < -0.39 is 0 Å². The van der Waals surface area contributed by atoms with Gasteiger partial charge in [-0.2, -0.15) is 0 Å². The molecule has 0 spiro atoms. The van der Waals surface area contributed by atoms with E-state index in [0.29, 0.717) is 6.42 Å². The predicted molar refractivity (Wildman–Crippen MR) is 111 cm³/mol. The van der Waals surface area contributed by atoms with Gasteiger partial charge in [-0.3, -0.25) is 4.79 Å². The van der Waals surface area contributed by atoms with Crippen LogP contribution in [0.3, 0.4) is 0 Å². The number of carbonyl (C=O) groups is 1. The van der Waals surface area contributed by atoms with Crippen molar-refractivity contribution in [2.45, 2.75) is 25.9 Å². The normalized spacial score (nSPS) is 15.7. The van der Waals surface area contributed by atoms with Gasteiger partial charge < -0.3 is 10.2 Å². The van der Waals surface area contributed by atoms with Gasteiger partial charge in [-0.25, -0.2) is 0 Å². The van der Waals surface area contributed by atoms with Crippen LogP contribution in [-0.2, 0) is 6.54 Å². The highest BCUT2D eigenvalue weighted by atomic mass is 16.1. The van der Waals surface area contributed by atoms with E-state index in [9.17, 15) is 4.79 Å². The minimum Gasteiger partial charge on any atom is -0.377 e. The van der Waals surface area contributed by atoms with Gasteiger partial charge >= 0.3 is 0 Å². The fourth-order valence-electron chi connectivity index (χ4n) is 3.69. The Balaban J connectivity index is 1.51. The summed E-state index contributed by atoms with van der Waals surface area (Å²) in [6.07, 6.45) is 0.498. The molecule has 1 aliphatic rings. The third kappa shape index (κ3) is 3.72. The zero-order valence-electron chi connectivity index (χ0n) is 15.6. The first kappa shape index (κ1) is 17.3. The van der Waals surface area contributed by atoms with Gasteiger partial charge in [0.1, 0.15) is 0 Å². The molecule has 0 radical (unpaired) electrons. The van der Waals surface area contributed by atoms with Crippen molar-refractivity contribution in [3.63, 3.8) is 0 Å². The Morgan fingerprint density at radius 1 is 0.926 bits per heavy atom. The summed E-state index contributed by atoms with van der Waals surface area (Å²) in [5, 5.41) is 3.51. The first-order valence-electron chi connectivity index (χ1n) is 9.52. The fourth-order valence-corrected chi connectivity index (χ4v) is 3.69. The average molecular weight is 356 g/mol. The van der Waals surface area contributed by atoms with E-state index in [1.54, 1.807) is 0 Å². The second-order valence-electron chi connectivity index (χ2n) is 6.96. The largest absolute Gasteiger partial charge is 0.377 e. The molecule has 4 rings (SSSR count). The lowest BCUT2D eigenvalue weighted by Gasteiger charge is -2.28. The summed E-state index contributed by atoms with van der Waals surface area (Å²) in [5.74, 6) is 0.206. The van der Waals surface area contributed by atoms with Crippen LogP contribution in [0, 0.1) is 0 Å². The summed E-state index contributed by atoms with van der Waals surface area (Å²) < 4.78 is 0. The summed E-state index contributed by atoms with van der Waals surface area (Å²) in [4.78, 5) is 14.8. The van der Waals surface area contributed by atoms with Crippen LogP contribution in [0.25, 0.3) is 0 Å². The molecule has 1 atom stereocenters. The second-order valence-corrected chi connectivity index (χ2v) is 6.96. The Morgan fingerprint density at radius 3 is 2.37 bits per heavy atom. The van der Waals surface area contributed by atoms with Gasteiger partial charge in [0, 0.05) is 36.4 Å². The highest BCUT2D eigenvalue weighted by Gasteiger charge is 2.25. The molecule has 0 saturated heterocycles. The second kappa shape index (κ2) is 7.67. The van der Waals surface area contributed by atoms with Gasteiger partial charge in [0.05, 0.1) is 6.04 Å². The number of ketones is 1. The van der Waals surface area contributed by atoms with Crippen molar-refractivity contribution in [2.75, 3.05) is 16.8 Å². The molecule has 3 nitrogen and oxygen atoms in total. The van der Waals surface area contributed by atoms with E-state index >= 15 is 0 Å². The van der Waals surface area contributed by atoms with Gasteiger partial charge in [0.2, 0.25) is 0 Å². The highest BCUT2D eigenvalue weighted by molar-refractivity contribution is 6.03. The molecule has 1 N–H and O–H groups in total. The maximum Gasteiger partial charge on any atom is 0.167 e. The molecule has 1 heterocycles. The standard InChI is InChI=1S/C24H24N2O/c1-2-26(17-18-8-4-3-5-9-18)20-14-12-19(13-15-20)23-16-24(27)21-10-6-7-11-22(21)25-23/h3-15,23,25H,2,16-17H2,1H3. The first-order valence-corrected chi connectivity index (χ1v) is 9.52. The third-order valence-corrected chi connectivity index (χ3v) is 5.21. The molecule has 0 bridgehead atoms. The van der Waals surface area contributed by atoms with Crippen LogP contribution in [0.2, 0.25) is 0 Å². The zero-order valence-corrected chi connectivity index (χ0v) is 15.6. The topological polar surface area (TPSA) is 32.3 Å². The Bertz CT molecular complexity index is 919. The van der Waals surface area contributed by atoms with E-state index in [0.717, 1.165) is 29.9 Å². The van der Waals surface area contributed by atoms with Gasteiger partial charge in [-0.15, -0.1) is 0 Å². The highest BCUT2D eigenvalue weighted by Crippen LogP contribution is 2.33. The van der Waals surface area contributed by atoms with Crippen LogP contribution in [0.5, 0.6) is 0 Å². The number of hydrogen-bond donors (Lipinski definition) is 1. The van der Waals surface area contributed by atoms with Crippen molar-refractivity contribution in [3.8, 4) is 0 Å². The molecule has 136 valence electrons. The van der Waals surface area contributed by atoms with E-state index in [2.05, 4.69) is 65.7 Å². The van der Waals surface area contributed by atoms with Crippen molar-refractivity contribution in [2.24, 2.45) is 0 Å². The molecule has 0 aliphatic carbocycles. The number of Topliss-reactive ketones (excluding diaryl/α,β-unsaturated/α-hetero) is 1. The van der Waals surface area contributed by atoms with E-state index in [-0.39, 0.29) is 11.8 Å². The molecule has 3 aromatic carbocycles.